The van der Waals surface area contributed by atoms with Gasteiger partial charge in [-0.2, -0.15) is 0 Å². The van der Waals surface area contributed by atoms with Gasteiger partial charge >= 0.3 is 0 Å². The number of benzene rings is 1. The first-order chi connectivity index (χ1) is 15.6. The molecule has 0 unspecified atom stereocenters. The van der Waals surface area contributed by atoms with Crippen LogP contribution in [0.3, 0.4) is 0 Å². The number of hydrogen-bond acceptors (Lipinski definition) is 5. The topological polar surface area (TPSA) is 73.7 Å². The molecule has 5 rings (SSSR count). The summed E-state index contributed by atoms with van der Waals surface area (Å²) < 4.78 is 2.02. The van der Waals surface area contributed by atoms with Gasteiger partial charge in [0.15, 0.2) is 5.82 Å². The second-order valence-corrected chi connectivity index (χ2v) is 9.48. The van der Waals surface area contributed by atoms with E-state index in [4.69, 9.17) is 0 Å². The highest BCUT2D eigenvalue weighted by molar-refractivity contribution is 6.00. The molecule has 1 aromatic carbocycles. The van der Waals surface area contributed by atoms with Crippen LogP contribution in [0, 0.1) is 0 Å². The molecule has 0 spiro atoms. The summed E-state index contributed by atoms with van der Waals surface area (Å²) >= 11 is 0. The molecular weight excluding hydrogens is 404 g/mol. The summed E-state index contributed by atoms with van der Waals surface area (Å²) in [6.45, 7) is 7.26. The summed E-state index contributed by atoms with van der Waals surface area (Å²) in [6.07, 6.45) is 5.89. The number of carbonyl (C=O) groups excluding carboxylic acids is 2. The molecule has 8 nitrogen and oxygen atoms in total. The first-order valence-corrected chi connectivity index (χ1v) is 12.1. The maximum absolute atomic E-state index is 13.2. The van der Waals surface area contributed by atoms with Gasteiger partial charge in [-0.25, -0.2) is 4.98 Å². The van der Waals surface area contributed by atoms with Crippen LogP contribution in [0.2, 0.25) is 0 Å². The van der Waals surface area contributed by atoms with Gasteiger partial charge in [0.25, 0.3) is 11.8 Å². The Balaban J connectivity index is 1.25. The van der Waals surface area contributed by atoms with E-state index >= 15 is 0 Å². The highest BCUT2D eigenvalue weighted by Crippen LogP contribution is 2.28. The Labute approximate surface area is 189 Å². The van der Waals surface area contributed by atoms with Crippen molar-refractivity contribution < 1.29 is 9.59 Å². The molecule has 1 aromatic heterocycles. The summed E-state index contributed by atoms with van der Waals surface area (Å²) in [6, 6.07) is 5.96. The van der Waals surface area contributed by atoms with Gasteiger partial charge in [0.05, 0.1) is 11.0 Å². The number of nitrogens with one attached hydrogen (secondary N) is 1. The molecule has 0 bridgehead atoms. The summed E-state index contributed by atoms with van der Waals surface area (Å²) in [5, 5.41) is 3.04. The third kappa shape index (κ3) is 4.26. The number of amides is 2. The molecule has 2 amide bonds. The summed E-state index contributed by atoms with van der Waals surface area (Å²) in [7, 11) is 2.14. The number of rotatable bonds is 5. The Morgan fingerprint density at radius 3 is 2.62 bits per heavy atom. The lowest BCUT2D eigenvalue weighted by molar-refractivity contribution is 0.0566. The molecule has 3 aliphatic rings. The van der Waals surface area contributed by atoms with Crippen LogP contribution in [0.25, 0.3) is 11.0 Å². The zero-order chi connectivity index (χ0) is 22.1. The van der Waals surface area contributed by atoms with Crippen LogP contribution in [0.15, 0.2) is 18.2 Å². The average molecular weight is 439 g/mol. The molecule has 2 fully saturated rings. The van der Waals surface area contributed by atoms with Crippen molar-refractivity contribution in [2.24, 2.45) is 0 Å². The van der Waals surface area contributed by atoms with E-state index in [1.54, 1.807) is 0 Å². The predicted octanol–water partition coefficient (Wildman–Crippen LogP) is 1.80. The Bertz CT molecular complexity index is 988. The number of fused-ring (bicyclic) bond motifs is 3. The van der Waals surface area contributed by atoms with Crippen molar-refractivity contribution in [3.8, 4) is 0 Å². The average Bonchev–Trinajstić information content (AvgIpc) is 3.20. The maximum Gasteiger partial charge on any atom is 0.290 e. The van der Waals surface area contributed by atoms with Crippen LogP contribution in [-0.4, -0.2) is 95.0 Å². The molecule has 3 heterocycles. The van der Waals surface area contributed by atoms with Gasteiger partial charge in [-0.15, -0.1) is 0 Å². The smallest absolute Gasteiger partial charge is 0.290 e. The van der Waals surface area contributed by atoms with E-state index in [9.17, 15) is 9.59 Å². The molecule has 2 aromatic rings. The fraction of sp³-hybridized carbons (Fsp3) is 0.625. The van der Waals surface area contributed by atoms with Crippen LogP contribution in [0.5, 0.6) is 0 Å². The first kappa shape index (κ1) is 21.4. The quantitative estimate of drug-likeness (QED) is 0.771. The number of nitrogens with zero attached hydrogens (tertiary/aromatic N) is 5. The standard InChI is InChI=1S/C24H34N6O2/c1-27-11-13-28(14-12-27)10-9-25-23(31)18-7-8-21-20(17-18)26-22-24(32)29(15-16-30(21)22)19-5-3-2-4-6-19/h7-8,17,19H,2-6,9-16H2,1H3,(H,25,31). The number of piperazine rings is 1. The monoisotopic (exact) mass is 438 g/mol. The van der Waals surface area contributed by atoms with E-state index in [1.165, 1.54) is 19.3 Å². The van der Waals surface area contributed by atoms with Crippen LogP contribution < -0.4 is 5.32 Å². The SMILES string of the molecule is CN1CCN(CCNC(=O)c2ccc3c(c2)nc2n3CCN(C3CCCCC3)C2=O)CC1. The molecule has 1 saturated carbocycles. The van der Waals surface area contributed by atoms with Crippen molar-refractivity contribution in [3.05, 3.63) is 29.6 Å². The minimum absolute atomic E-state index is 0.0394. The second-order valence-electron chi connectivity index (χ2n) is 9.48. The van der Waals surface area contributed by atoms with E-state index in [1.807, 2.05) is 27.7 Å². The van der Waals surface area contributed by atoms with Crippen LogP contribution in [-0.2, 0) is 6.54 Å². The maximum atomic E-state index is 13.2. The van der Waals surface area contributed by atoms with Gasteiger partial charge in [-0.1, -0.05) is 19.3 Å². The molecule has 172 valence electrons. The molecule has 1 aliphatic carbocycles. The third-order valence-electron chi connectivity index (χ3n) is 7.35. The minimum Gasteiger partial charge on any atom is -0.351 e. The molecule has 8 heteroatoms. The summed E-state index contributed by atoms with van der Waals surface area (Å²) in [5.74, 6) is 0.476. The van der Waals surface area contributed by atoms with Crippen molar-refractivity contribution >= 4 is 22.8 Å². The van der Waals surface area contributed by atoms with Crippen molar-refractivity contribution in [1.82, 2.24) is 29.6 Å². The molecule has 2 aliphatic heterocycles. The van der Waals surface area contributed by atoms with Gasteiger partial charge in [-0.3, -0.25) is 14.5 Å². The number of likely N-dealkylation sites (N-methyl/N-ethyl adjacent to an activating group) is 1. The second kappa shape index (κ2) is 9.19. The number of aromatic nitrogens is 2. The minimum atomic E-state index is -0.0813. The van der Waals surface area contributed by atoms with Crippen LogP contribution in [0.1, 0.15) is 53.1 Å². The highest BCUT2D eigenvalue weighted by Gasteiger charge is 2.33. The first-order valence-electron chi connectivity index (χ1n) is 12.1. The van der Waals surface area contributed by atoms with Gasteiger partial charge in [0, 0.05) is 64.0 Å². The number of hydrogen-bond donors (Lipinski definition) is 1. The zero-order valence-electron chi connectivity index (χ0n) is 19.1. The predicted molar refractivity (Wildman–Crippen MR) is 124 cm³/mol. The summed E-state index contributed by atoms with van der Waals surface area (Å²) in [5.41, 5.74) is 2.26. The third-order valence-corrected chi connectivity index (χ3v) is 7.35. The Kier molecular flexibility index (Phi) is 6.15. The Morgan fingerprint density at radius 2 is 1.84 bits per heavy atom. The highest BCUT2D eigenvalue weighted by atomic mass is 16.2. The van der Waals surface area contributed by atoms with E-state index in [2.05, 4.69) is 27.1 Å². The van der Waals surface area contributed by atoms with Crippen molar-refractivity contribution in [2.75, 3.05) is 52.9 Å². The largest absolute Gasteiger partial charge is 0.351 e. The van der Waals surface area contributed by atoms with Crippen molar-refractivity contribution in [1.29, 1.82) is 0 Å². The fourth-order valence-corrected chi connectivity index (χ4v) is 5.34. The van der Waals surface area contributed by atoms with Crippen molar-refractivity contribution in [3.63, 3.8) is 0 Å². The summed E-state index contributed by atoms with van der Waals surface area (Å²) in [4.78, 5) is 37.3. The number of carbonyl (C=O) groups is 2. The lowest BCUT2D eigenvalue weighted by Gasteiger charge is -2.36. The fourth-order valence-electron chi connectivity index (χ4n) is 5.34. The molecule has 0 radical (unpaired) electrons. The normalized spacial score (nSPS) is 21.2. The van der Waals surface area contributed by atoms with E-state index in [0.717, 1.165) is 69.7 Å². The Hall–Kier alpha value is -2.45. The zero-order valence-corrected chi connectivity index (χ0v) is 19.1. The molecule has 1 saturated heterocycles. The van der Waals surface area contributed by atoms with Gasteiger partial charge in [0.1, 0.15) is 0 Å². The Morgan fingerprint density at radius 1 is 1.06 bits per heavy atom. The van der Waals surface area contributed by atoms with Crippen LogP contribution >= 0.6 is 0 Å². The van der Waals surface area contributed by atoms with Crippen molar-refractivity contribution in [2.45, 2.75) is 44.7 Å². The van der Waals surface area contributed by atoms with Gasteiger partial charge in [-0.05, 0) is 38.1 Å². The van der Waals surface area contributed by atoms with E-state index in [-0.39, 0.29) is 11.8 Å². The molecule has 32 heavy (non-hydrogen) atoms. The molecular formula is C24H34N6O2. The molecule has 0 atom stereocenters. The van der Waals surface area contributed by atoms with Crippen LogP contribution in [0.4, 0.5) is 0 Å². The molecule has 1 N–H and O–H groups in total. The van der Waals surface area contributed by atoms with Gasteiger partial charge < -0.3 is 19.7 Å². The van der Waals surface area contributed by atoms with Gasteiger partial charge in [0.2, 0.25) is 0 Å². The van der Waals surface area contributed by atoms with E-state index < -0.39 is 0 Å². The van der Waals surface area contributed by atoms with E-state index in [0.29, 0.717) is 24.0 Å². The number of imidazole rings is 1. The lowest BCUT2D eigenvalue weighted by Crippen LogP contribution is -2.47. The lowest BCUT2D eigenvalue weighted by atomic mass is 9.94.